The number of sulfonamides is 1. The smallest absolute Gasteiger partial charge is 0.328 e. The van der Waals surface area contributed by atoms with E-state index in [2.05, 4.69) is 5.32 Å². The van der Waals surface area contributed by atoms with Gasteiger partial charge in [-0.2, -0.15) is 0 Å². The van der Waals surface area contributed by atoms with E-state index in [9.17, 15) is 13.2 Å². The van der Waals surface area contributed by atoms with Gasteiger partial charge in [0, 0.05) is 6.04 Å². The lowest BCUT2D eigenvalue weighted by molar-refractivity contribution is 0.245. The second kappa shape index (κ2) is 4.97. The summed E-state index contributed by atoms with van der Waals surface area (Å²) in [5.74, 6) is 0. The molecular formula is C12H16N2O3S. The van der Waals surface area contributed by atoms with E-state index in [1.165, 1.54) is 12.1 Å². The van der Waals surface area contributed by atoms with Crippen molar-refractivity contribution >= 4 is 16.1 Å². The maximum absolute atomic E-state index is 11.9. The third-order valence-corrected chi connectivity index (χ3v) is 4.13. The van der Waals surface area contributed by atoms with E-state index in [1.807, 2.05) is 11.6 Å². The first-order valence-corrected chi connectivity index (χ1v) is 7.42. The van der Waals surface area contributed by atoms with Crippen molar-refractivity contribution in [1.29, 1.82) is 0 Å². The molecule has 0 radical (unpaired) electrons. The molecular weight excluding hydrogens is 252 g/mol. The van der Waals surface area contributed by atoms with Gasteiger partial charge >= 0.3 is 6.03 Å². The molecule has 0 unspecified atom stereocenters. The fourth-order valence-electron chi connectivity index (χ4n) is 1.53. The zero-order valence-corrected chi connectivity index (χ0v) is 11.0. The lowest BCUT2D eigenvalue weighted by Crippen LogP contribution is -2.40. The van der Waals surface area contributed by atoms with Gasteiger partial charge in [0.15, 0.2) is 0 Å². The largest absolute Gasteiger partial charge is 0.335 e. The Labute approximate surface area is 107 Å². The quantitative estimate of drug-likeness (QED) is 0.866. The van der Waals surface area contributed by atoms with Crippen molar-refractivity contribution in [2.24, 2.45) is 0 Å². The molecule has 2 amide bonds. The molecule has 0 bridgehead atoms. The van der Waals surface area contributed by atoms with Gasteiger partial charge < -0.3 is 5.32 Å². The molecule has 5 nitrogen and oxygen atoms in total. The van der Waals surface area contributed by atoms with Crippen LogP contribution in [-0.2, 0) is 16.4 Å². The second-order valence-corrected chi connectivity index (χ2v) is 6.03. The average Bonchev–Trinajstić information content (AvgIpc) is 3.12. The van der Waals surface area contributed by atoms with Crippen molar-refractivity contribution in [2.75, 3.05) is 0 Å². The summed E-state index contributed by atoms with van der Waals surface area (Å²) >= 11 is 0. The number of hydrogen-bond acceptors (Lipinski definition) is 3. The molecule has 1 aliphatic rings. The summed E-state index contributed by atoms with van der Waals surface area (Å²) in [6.45, 7) is 1.99. The van der Waals surface area contributed by atoms with Crippen LogP contribution in [0, 0.1) is 0 Å². The number of amides is 2. The summed E-state index contributed by atoms with van der Waals surface area (Å²) in [6.07, 6.45) is 2.67. The van der Waals surface area contributed by atoms with Crippen LogP contribution in [0.3, 0.4) is 0 Å². The van der Waals surface area contributed by atoms with Crippen LogP contribution in [0.25, 0.3) is 0 Å². The van der Waals surface area contributed by atoms with Crippen LogP contribution in [-0.4, -0.2) is 20.5 Å². The minimum atomic E-state index is -3.76. The summed E-state index contributed by atoms with van der Waals surface area (Å²) in [5, 5.41) is 2.57. The van der Waals surface area contributed by atoms with E-state index in [1.54, 1.807) is 12.1 Å². The fourth-order valence-corrected chi connectivity index (χ4v) is 2.44. The fraction of sp³-hybridized carbons (Fsp3) is 0.417. The highest BCUT2D eigenvalue weighted by Crippen LogP contribution is 2.18. The van der Waals surface area contributed by atoms with Gasteiger partial charge in [-0.25, -0.2) is 17.9 Å². The van der Waals surface area contributed by atoms with E-state index in [0.29, 0.717) is 0 Å². The second-order valence-electron chi connectivity index (χ2n) is 4.35. The molecule has 2 N–H and O–H groups in total. The monoisotopic (exact) mass is 268 g/mol. The predicted molar refractivity (Wildman–Crippen MR) is 67.7 cm³/mol. The molecule has 0 saturated heterocycles. The predicted octanol–water partition coefficient (Wildman–Crippen LogP) is 1.40. The molecule has 1 fully saturated rings. The Morgan fingerprint density at radius 1 is 1.28 bits per heavy atom. The average molecular weight is 268 g/mol. The van der Waals surface area contributed by atoms with Gasteiger partial charge in [-0.15, -0.1) is 0 Å². The summed E-state index contributed by atoms with van der Waals surface area (Å²) in [7, 11) is -3.76. The Balaban J connectivity index is 2.06. The standard InChI is InChI=1S/C12H16N2O3S/c1-2-9-3-7-11(8-4-9)18(16,17)14-12(15)13-10-5-6-10/h3-4,7-8,10H,2,5-6H2,1H3,(H2,13,14,15). The highest BCUT2D eigenvalue weighted by molar-refractivity contribution is 7.90. The highest BCUT2D eigenvalue weighted by atomic mass is 32.2. The first-order chi connectivity index (χ1) is 8.51. The van der Waals surface area contributed by atoms with Gasteiger partial charge in [-0.05, 0) is 37.0 Å². The Kier molecular flexibility index (Phi) is 3.56. The van der Waals surface area contributed by atoms with Crippen LogP contribution in [0.15, 0.2) is 29.2 Å². The summed E-state index contributed by atoms with van der Waals surface area (Å²) in [5.41, 5.74) is 1.05. The molecule has 6 heteroatoms. The third kappa shape index (κ3) is 3.22. The van der Waals surface area contributed by atoms with Crippen molar-refractivity contribution in [1.82, 2.24) is 10.0 Å². The molecule has 0 aliphatic heterocycles. The van der Waals surface area contributed by atoms with Crippen LogP contribution in [0.2, 0.25) is 0 Å². The van der Waals surface area contributed by atoms with Crippen molar-refractivity contribution in [2.45, 2.75) is 37.1 Å². The van der Waals surface area contributed by atoms with Crippen LogP contribution in [0.1, 0.15) is 25.3 Å². The number of carbonyl (C=O) groups excluding carboxylic acids is 1. The molecule has 0 aromatic heterocycles. The van der Waals surface area contributed by atoms with Gasteiger partial charge in [-0.3, -0.25) is 0 Å². The minimum Gasteiger partial charge on any atom is -0.335 e. The lowest BCUT2D eigenvalue weighted by Gasteiger charge is -2.08. The zero-order chi connectivity index (χ0) is 13.2. The van der Waals surface area contributed by atoms with Crippen LogP contribution in [0.4, 0.5) is 4.79 Å². The summed E-state index contributed by atoms with van der Waals surface area (Å²) in [4.78, 5) is 11.5. The van der Waals surface area contributed by atoms with Crippen molar-refractivity contribution in [3.8, 4) is 0 Å². The maximum atomic E-state index is 11.9. The maximum Gasteiger partial charge on any atom is 0.328 e. The Hall–Kier alpha value is -1.56. The number of benzene rings is 1. The number of carbonyl (C=O) groups is 1. The van der Waals surface area contributed by atoms with E-state index >= 15 is 0 Å². The van der Waals surface area contributed by atoms with Crippen molar-refractivity contribution in [3.05, 3.63) is 29.8 Å². The SMILES string of the molecule is CCc1ccc(S(=O)(=O)NC(=O)NC2CC2)cc1. The Morgan fingerprint density at radius 2 is 1.89 bits per heavy atom. The van der Waals surface area contributed by atoms with Gasteiger partial charge in [0.2, 0.25) is 0 Å². The molecule has 18 heavy (non-hydrogen) atoms. The van der Waals surface area contributed by atoms with E-state index in [-0.39, 0.29) is 10.9 Å². The summed E-state index contributed by atoms with van der Waals surface area (Å²) in [6, 6.07) is 5.97. The Morgan fingerprint density at radius 3 is 2.39 bits per heavy atom. The molecule has 0 atom stereocenters. The molecule has 1 saturated carbocycles. The lowest BCUT2D eigenvalue weighted by atomic mass is 10.2. The number of nitrogens with one attached hydrogen (secondary N) is 2. The van der Waals surface area contributed by atoms with Crippen LogP contribution in [0.5, 0.6) is 0 Å². The number of rotatable bonds is 4. The molecule has 1 aromatic rings. The molecule has 1 aliphatic carbocycles. The number of aryl methyl sites for hydroxylation is 1. The molecule has 98 valence electrons. The zero-order valence-electron chi connectivity index (χ0n) is 10.1. The third-order valence-electron chi connectivity index (χ3n) is 2.78. The number of urea groups is 1. The normalized spacial score (nSPS) is 15.2. The molecule has 1 aromatic carbocycles. The van der Waals surface area contributed by atoms with Gasteiger partial charge in [0.1, 0.15) is 0 Å². The molecule has 2 rings (SSSR count). The van der Waals surface area contributed by atoms with Crippen LogP contribution >= 0.6 is 0 Å². The summed E-state index contributed by atoms with van der Waals surface area (Å²) < 4.78 is 25.7. The van der Waals surface area contributed by atoms with Crippen molar-refractivity contribution in [3.63, 3.8) is 0 Å². The minimum absolute atomic E-state index is 0.102. The topological polar surface area (TPSA) is 75.3 Å². The Bertz CT molecular complexity index is 533. The highest BCUT2D eigenvalue weighted by Gasteiger charge is 2.25. The van der Waals surface area contributed by atoms with Gasteiger partial charge in [-0.1, -0.05) is 19.1 Å². The van der Waals surface area contributed by atoms with Crippen molar-refractivity contribution < 1.29 is 13.2 Å². The van der Waals surface area contributed by atoms with Crippen LogP contribution < -0.4 is 10.0 Å². The van der Waals surface area contributed by atoms with E-state index in [0.717, 1.165) is 24.8 Å². The number of hydrogen-bond donors (Lipinski definition) is 2. The van der Waals surface area contributed by atoms with E-state index < -0.39 is 16.1 Å². The first-order valence-electron chi connectivity index (χ1n) is 5.93. The van der Waals surface area contributed by atoms with E-state index in [4.69, 9.17) is 0 Å². The van der Waals surface area contributed by atoms with Gasteiger partial charge in [0.25, 0.3) is 10.0 Å². The molecule has 0 heterocycles. The first kappa shape index (κ1) is 12.9. The molecule has 0 spiro atoms. The van der Waals surface area contributed by atoms with Gasteiger partial charge in [0.05, 0.1) is 4.90 Å².